The number of rotatable bonds is 7. The van der Waals surface area contributed by atoms with Crippen LogP contribution in [0.3, 0.4) is 0 Å². The summed E-state index contributed by atoms with van der Waals surface area (Å²) in [5, 5.41) is 2.69. The lowest BCUT2D eigenvalue weighted by Crippen LogP contribution is -2.30. The Morgan fingerprint density at radius 1 is 1.28 bits per heavy atom. The Hall–Kier alpha value is -2.18. The molecule has 0 spiro atoms. The van der Waals surface area contributed by atoms with Crippen LogP contribution >= 0.6 is 11.6 Å². The number of halogens is 3. The van der Waals surface area contributed by atoms with Gasteiger partial charge in [-0.1, -0.05) is 35.9 Å². The van der Waals surface area contributed by atoms with Gasteiger partial charge in [0.25, 0.3) is 0 Å². The Balaban J connectivity index is 1.91. The number of aryl methyl sites for hydroxylation is 1. The molecule has 1 amide bonds. The Labute approximate surface area is 150 Å². The van der Waals surface area contributed by atoms with Crippen LogP contribution in [0.15, 0.2) is 42.5 Å². The minimum atomic E-state index is -2.95. The van der Waals surface area contributed by atoms with E-state index in [1.165, 1.54) is 18.2 Å². The molecule has 2 rings (SSSR count). The van der Waals surface area contributed by atoms with E-state index in [1.807, 2.05) is 43.1 Å². The van der Waals surface area contributed by atoms with Crippen LogP contribution in [0, 0.1) is 6.92 Å². The van der Waals surface area contributed by atoms with Gasteiger partial charge in [0.1, 0.15) is 5.75 Å². The highest BCUT2D eigenvalue weighted by Crippen LogP contribution is 2.28. The number of hydrogen-bond acceptors (Lipinski definition) is 3. The second-order valence-electron chi connectivity index (χ2n) is 5.67. The monoisotopic (exact) mass is 368 g/mol. The van der Waals surface area contributed by atoms with Crippen LogP contribution in [0.4, 0.5) is 14.5 Å². The van der Waals surface area contributed by atoms with Gasteiger partial charge >= 0.3 is 6.61 Å². The average Bonchev–Trinajstić information content (AvgIpc) is 2.51. The van der Waals surface area contributed by atoms with Gasteiger partial charge in [0, 0.05) is 12.2 Å². The molecule has 4 nitrogen and oxygen atoms in total. The average molecular weight is 369 g/mol. The summed E-state index contributed by atoms with van der Waals surface area (Å²) in [5.74, 6) is -0.360. The zero-order valence-electron chi connectivity index (χ0n) is 13.9. The van der Waals surface area contributed by atoms with Gasteiger partial charge in [-0.15, -0.1) is 0 Å². The molecule has 7 heteroatoms. The maximum Gasteiger partial charge on any atom is 0.387 e. The largest absolute Gasteiger partial charge is 0.433 e. The number of hydrogen-bond donors (Lipinski definition) is 1. The van der Waals surface area contributed by atoms with E-state index in [1.54, 1.807) is 0 Å². The summed E-state index contributed by atoms with van der Waals surface area (Å²) in [6.07, 6.45) is 0. The van der Waals surface area contributed by atoms with Gasteiger partial charge in [-0.3, -0.25) is 9.69 Å². The fourth-order valence-corrected chi connectivity index (χ4v) is 2.58. The first kappa shape index (κ1) is 19.1. The molecular weight excluding hydrogens is 350 g/mol. The number of nitrogens with zero attached hydrogens (tertiary/aromatic N) is 1. The van der Waals surface area contributed by atoms with Crippen molar-refractivity contribution in [1.82, 2.24) is 4.90 Å². The van der Waals surface area contributed by atoms with Gasteiger partial charge in [-0.05, 0) is 43.3 Å². The van der Waals surface area contributed by atoms with Crippen molar-refractivity contribution in [3.63, 3.8) is 0 Å². The number of anilines is 1. The van der Waals surface area contributed by atoms with Gasteiger partial charge in [0.15, 0.2) is 0 Å². The third-order valence-corrected chi connectivity index (χ3v) is 3.84. The molecule has 0 heterocycles. The summed E-state index contributed by atoms with van der Waals surface area (Å²) in [4.78, 5) is 14.0. The standard InChI is InChI=1S/C18H19ClF2N2O2/c1-12-5-3-4-6-13(12)10-23(2)11-17(24)22-14-7-8-16(15(19)9-14)25-18(20)21/h3-9,18H,10-11H2,1-2H3,(H,22,24). The molecule has 1 N–H and O–H groups in total. The predicted molar refractivity (Wildman–Crippen MR) is 94.2 cm³/mol. The highest BCUT2D eigenvalue weighted by atomic mass is 35.5. The summed E-state index contributed by atoms with van der Waals surface area (Å²) >= 11 is 5.87. The summed E-state index contributed by atoms with van der Waals surface area (Å²) in [6, 6.07) is 12.1. The first-order valence-electron chi connectivity index (χ1n) is 7.62. The fraction of sp³-hybridized carbons (Fsp3) is 0.278. The van der Waals surface area contributed by atoms with Crippen LogP contribution < -0.4 is 10.1 Å². The van der Waals surface area contributed by atoms with E-state index in [2.05, 4.69) is 10.1 Å². The van der Waals surface area contributed by atoms with Crippen molar-refractivity contribution >= 4 is 23.2 Å². The highest BCUT2D eigenvalue weighted by Gasteiger charge is 2.12. The van der Waals surface area contributed by atoms with Crippen molar-refractivity contribution in [2.45, 2.75) is 20.1 Å². The van der Waals surface area contributed by atoms with Crippen molar-refractivity contribution < 1.29 is 18.3 Å². The molecule has 0 saturated heterocycles. The molecule has 0 unspecified atom stereocenters. The number of ether oxygens (including phenoxy) is 1. The molecular formula is C18H19ClF2N2O2. The molecule has 0 aromatic heterocycles. The van der Waals surface area contributed by atoms with E-state index >= 15 is 0 Å². The molecule has 0 radical (unpaired) electrons. The molecule has 2 aromatic rings. The number of carbonyl (C=O) groups excluding carboxylic acids is 1. The minimum absolute atomic E-state index is 0.00589. The molecule has 0 bridgehead atoms. The molecule has 134 valence electrons. The molecule has 2 aromatic carbocycles. The van der Waals surface area contributed by atoms with E-state index in [9.17, 15) is 13.6 Å². The zero-order chi connectivity index (χ0) is 18.4. The number of carbonyl (C=O) groups is 1. The number of benzene rings is 2. The summed E-state index contributed by atoms with van der Waals surface area (Å²) in [5.41, 5.74) is 2.73. The lowest BCUT2D eigenvalue weighted by Gasteiger charge is -2.18. The molecule has 0 aliphatic heterocycles. The van der Waals surface area contributed by atoms with Gasteiger partial charge < -0.3 is 10.1 Å². The zero-order valence-corrected chi connectivity index (χ0v) is 14.7. The first-order chi connectivity index (χ1) is 11.8. The van der Waals surface area contributed by atoms with Crippen molar-refractivity contribution in [3.8, 4) is 5.75 Å². The second kappa shape index (κ2) is 8.78. The Morgan fingerprint density at radius 2 is 2.00 bits per heavy atom. The van der Waals surface area contributed by atoms with E-state index < -0.39 is 6.61 Å². The van der Waals surface area contributed by atoms with Crippen LogP contribution in [0.5, 0.6) is 5.75 Å². The van der Waals surface area contributed by atoms with Crippen LogP contribution in [0.25, 0.3) is 0 Å². The van der Waals surface area contributed by atoms with Gasteiger partial charge in [-0.25, -0.2) is 0 Å². The van der Waals surface area contributed by atoms with E-state index in [0.29, 0.717) is 12.2 Å². The fourth-order valence-electron chi connectivity index (χ4n) is 2.35. The maximum absolute atomic E-state index is 12.2. The minimum Gasteiger partial charge on any atom is -0.433 e. The lowest BCUT2D eigenvalue weighted by atomic mass is 10.1. The SMILES string of the molecule is Cc1ccccc1CN(C)CC(=O)Nc1ccc(OC(F)F)c(Cl)c1. The highest BCUT2D eigenvalue weighted by molar-refractivity contribution is 6.32. The van der Waals surface area contributed by atoms with Crippen LogP contribution in [-0.4, -0.2) is 31.0 Å². The topological polar surface area (TPSA) is 41.6 Å². The second-order valence-corrected chi connectivity index (χ2v) is 6.08. The van der Waals surface area contributed by atoms with E-state index in [-0.39, 0.29) is 23.2 Å². The molecule has 0 aliphatic carbocycles. The van der Waals surface area contributed by atoms with Gasteiger partial charge in [0.2, 0.25) is 5.91 Å². The Kier molecular flexibility index (Phi) is 6.73. The summed E-state index contributed by atoms with van der Waals surface area (Å²) in [7, 11) is 1.85. The molecule has 0 fully saturated rings. The maximum atomic E-state index is 12.2. The number of nitrogens with one attached hydrogen (secondary N) is 1. The quantitative estimate of drug-likeness (QED) is 0.791. The lowest BCUT2D eigenvalue weighted by molar-refractivity contribution is -0.117. The summed E-state index contributed by atoms with van der Waals surface area (Å²) < 4.78 is 28.7. The number of amides is 1. The number of alkyl halides is 2. The van der Waals surface area contributed by atoms with Crippen LogP contribution in [0.2, 0.25) is 5.02 Å². The normalized spacial score (nSPS) is 11.0. The molecule has 0 saturated carbocycles. The van der Waals surface area contributed by atoms with Crippen LogP contribution in [0.1, 0.15) is 11.1 Å². The van der Waals surface area contributed by atoms with Crippen LogP contribution in [-0.2, 0) is 11.3 Å². The van der Waals surface area contributed by atoms with Gasteiger partial charge in [-0.2, -0.15) is 8.78 Å². The van der Waals surface area contributed by atoms with Gasteiger partial charge in [0.05, 0.1) is 11.6 Å². The Morgan fingerprint density at radius 3 is 2.64 bits per heavy atom. The summed E-state index contributed by atoms with van der Waals surface area (Å²) in [6.45, 7) is -0.106. The van der Waals surface area contributed by atoms with Crippen molar-refractivity contribution in [2.75, 3.05) is 18.9 Å². The molecule has 0 atom stereocenters. The van der Waals surface area contributed by atoms with Crippen molar-refractivity contribution in [1.29, 1.82) is 0 Å². The predicted octanol–water partition coefficient (Wildman–Crippen LogP) is 4.32. The van der Waals surface area contributed by atoms with E-state index in [0.717, 1.165) is 11.1 Å². The van der Waals surface area contributed by atoms with E-state index in [4.69, 9.17) is 11.6 Å². The Bertz CT molecular complexity index is 741. The van der Waals surface area contributed by atoms with Crippen molar-refractivity contribution in [2.24, 2.45) is 0 Å². The molecule has 25 heavy (non-hydrogen) atoms. The van der Waals surface area contributed by atoms with Crippen molar-refractivity contribution in [3.05, 3.63) is 58.6 Å². The molecule has 0 aliphatic rings. The smallest absolute Gasteiger partial charge is 0.387 e. The third-order valence-electron chi connectivity index (χ3n) is 3.55. The third kappa shape index (κ3) is 5.99. The first-order valence-corrected chi connectivity index (χ1v) is 8.00. The number of likely N-dealkylation sites (N-methyl/N-ethyl adjacent to an activating group) is 1.